The Morgan fingerprint density at radius 3 is 2.89 bits per heavy atom. The van der Waals surface area contributed by atoms with Crippen LogP contribution in [0.5, 0.6) is 0 Å². The van der Waals surface area contributed by atoms with Crippen LogP contribution in [0, 0.1) is 12.7 Å². The molecule has 0 aliphatic carbocycles. The van der Waals surface area contributed by atoms with Gasteiger partial charge in [-0.2, -0.15) is 5.10 Å². The van der Waals surface area contributed by atoms with Gasteiger partial charge in [0.2, 0.25) is 0 Å². The van der Waals surface area contributed by atoms with E-state index in [4.69, 9.17) is 5.11 Å². The molecule has 1 aromatic carbocycles. The minimum Gasteiger partial charge on any atom is -0.481 e. The zero-order valence-corrected chi connectivity index (χ0v) is 11.8. The van der Waals surface area contributed by atoms with Crippen molar-refractivity contribution in [2.45, 2.75) is 19.8 Å². The molecule has 0 bridgehead atoms. The molecule has 0 fully saturated rings. The summed E-state index contributed by atoms with van der Waals surface area (Å²) < 4.78 is 13.9. The average Bonchev–Trinajstić information content (AvgIpc) is 2.72. The Bertz CT molecular complexity index is 625. The van der Waals surface area contributed by atoms with Gasteiger partial charge < -0.3 is 5.11 Å². The number of hydrogen-bond acceptors (Lipinski definition) is 2. The van der Waals surface area contributed by atoms with Crippen molar-refractivity contribution in [2.24, 2.45) is 0 Å². The van der Waals surface area contributed by atoms with Crippen molar-refractivity contribution in [3.63, 3.8) is 0 Å². The summed E-state index contributed by atoms with van der Waals surface area (Å²) in [5.41, 5.74) is 2.70. The van der Waals surface area contributed by atoms with E-state index >= 15 is 0 Å². The molecule has 0 atom stereocenters. The smallest absolute Gasteiger partial charge is 0.303 e. The molecule has 2 N–H and O–H groups in total. The number of aromatic nitrogens is 2. The summed E-state index contributed by atoms with van der Waals surface area (Å²) in [7, 11) is 0. The van der Waals surface area contributed by atoms with Gasteiger partial charge in [-0.1, -0.05) is 0 Å². The standard InChI is InChI=1S/C13H12BrFN2O2/c1-7-6-8(2-3-9(7)15)13-12(14)10(16-17-13)4-5-11(18)19/h2-3,6H,4-5H2,1H3,(H,16,17)(H,18,19). The van der Waals surface area contributed by atoms with E-state index in [1.165, 1.54) is 6.07 Å². The normalized spacial score (nSPS) is 10.7. The SMILES string of the molecule is Cc1cc(-c2n[nH]c(CCC(=O)O)c2Br)ccc1F. The highest BCUT2D eigenvalue weighted by Crippen LogP contribution is 2.30. The van der Waals surface area contributed by atoms with Gasteiger partial charge in [0.25, 0.3) is 0 Å². The van der Waals surface area contributed by atoms with Crippen LogP contribution >= 0.6 is 15.9 Å². The molecule has 2 rings (SSSR count). The van der Waals surface area contributed by atoms with Gasteiger partial charge in [-0.05, 0) is 46.6 Å². The molecule has 1 aromatic heterocycles. The number of halogens is 2. The van der Waals surface area contributed by atoms with Crippen LogP contribution in [0.25, 0.3) is 11.3 Å². The first-order valence-corrected chi connectivity index (χ1v) is 6.49. The van der Waals surface area contributed by atoms with Gasteiger partial charge in [0.15, 0.2) is 0 Å². The summed E-state index contributed by atoms with van der Waals surface area (Å²) >= 11 is 3.40. The minimum absolute atomic E-state index is 0.0304. The molecule has 6 heteroatoms. The molecule has 0 radical (unpaired) electrons. The van der Waals surface area contributed by atoms with E-state index < -0.39 is 5.97 Å². The van der Waals surface area contributed by atoms with Gasteiger partial charge in [-0.3, -0.25) is 9.89 Å². The first-order valence-electron chi connectivity index (χ1n) is 5.70. The molecule has 0 saturated carbocycles. The topological polar surface area (TPSA) is 66.0 Å². The van der Waals surface area contributed by atoms with E-state index in [9.17, 15) is 9.18 Å². The second kappa shape index (κ2) is 5.52. The van der Waals surface area contributed by atoms with Crippen LogP contribution in [0.15, 0.2) is 22.7 Å². The van der Waals surface area contributed by atoms with Crippen LogP contribution in [0.3, 0.4) is 0 Å². The molecular formula is C13H12BrFN2O2. The summed E-state index contributed by atoms with van der Waals surface area (Å²) in [5, 5.41) is 15.6. The Morgan fingerprint density at radius 1 is 1.53 bits per heavy atom. The van der Waals surface area contributed by atoms with Crippen molar-refractivity contribution in [1.82, 2.24) is 10.2 Å². The molecule has 2 aromatic rings. The summed E-state index contributed by atoms with van der Waals surface area (Å²) in [6.07, 6.45) is 0.395. The van der Waals surface area contributed by atoms with Gasteiger partial charge in [-0.15, -0.1) is 0 Å². The first kappa shape index (κ1) is 13.7. The Kier molecular flexibility index (Phi) is 3.99. The number of nitrogens with one attached hydrogen (secondary N) is 1. The largest absolute Gasteiger partial charge is 0.481 e. The lowest BCUT2D eigenvalue weighted by Gasteiger charge is -2.01. The van der Waals surface area contributed by atoms with Crippen LogP contribution < -0.4 is 0 Å². The number of carbonyl (C=O) groups is 1. The zero-order valence-electron chi connectivity index (χ0n) is 10.2. The molecule has 0 aliphatic rings. The lowest BCUT2D eigenvalue weighted by atomic mass is 10.1. The Hall–Kier alpha value is -1.69. The van der Waals surface area contributed by atoms with Crippen molar-refractivity contribution in [3.8, 4) is 11.3 Å². The first-order chi connectivity index (χ1) is 8.99. The molecule has 4 nitrogen and oxygen atoms in total. The summed E-state index contributed by atoms with van der Waals surface area (Å²) in [6, 6.07) is 4.74. The van der Waals surface area contributed by atoms with Gasteiger partial charge >= 0.3 is 5.97 Å². The van der Waals surface area contributed by atoms with Crippen molar-refractivity contribution in [1.29, 1.82) is 0 Å². The van der Waals surface area contributed by atoms with Crippen molar-refractivity contribution in [2.75, 3.05) is 0 Å². The molecule has 0 unspecified atom stereocenters. The number of aryl methyl sites for hydroxylation is 2. The predicted molar refractivity (Wildman–Crippen MR) is 72.4 cm³/mol. The van der Waals surface area contributed by atoms with Gasteiger partial charge in [0.1, 0.15) is 11.5 Å². The molecule has 100 valence electrons. The fourth-order valence-electron chi connectivity index (χ4n) is 1.75. The van der Waals surface area contributed by atoms with Crippen molar-refractivity contribution in [3.05, 3.63) is 39.7 Å². The molecule has 1 heterocycles. The van der Waals surface area contributed by atoms with Crippen LogP contribution in [0.1, 0.15) is 17.7 Å². The van der Waals surface area contributed by atoms with Crippen LogP contribution in [0.4, 0.5) is 4.39 Å². The summed E-state index contributed by atoms with van der Waals surface area (Å²) in [6.45, 7) is 1.69. The van der Waals surface area contributed by atoms with Crippen LogP contribution in [-0.2, 0) is 11.2 Å². The maximum absolute atomic E-state index is 13.2. The molecule has 19 heavy (non-hydrogen) atoms. The summed E-state index contributed by atoms with van der Waals surface area (Å²) in [5.74, 6) is -1.12. The fraction of sp³-hybridized carbons (Fsp3) is 0.231. The minimum atomic E-state index is -0.860. The molecule has 0 aliphatic heterocycles. The van der Waals surface area contributed by atoms with Crippen molar-refractivity contribution < 1.29 is 14.3 Å². The third-order valence-corrected chi connectivity index (χ3v) is 3.65. The second-order valence-corrected chi connectivity index (χ2v) is 5.02. The number of aliphatic carboxylic acids is 1. The number of hydrogen-bond donors (Lipinski definition) is 2. The van der Waals surface area contributed by atoms with E-state index in [0.717, 1.165) is 15.7 Å². The number of H-pyrrole nitrogens is 1. The Balaban J connectivity index is 2.30. The van der Waals surface area contributed by atoms with E-state index in [0.29, 0.717) is 17.7 Å². The zero-order chi connectivity index (χ0) is 14.0. The second-order valence-electron chi connectivity index (χ2n) is 4.22. The van der Waals surface area contributed by atoms with E-state index in [1.807, 2.05) is 0 Å². The number of carboxylic acids is 1. The highest BCUT2D eigenvalue weighted by Gasteiger charge is 2.14. The number of benzene rings is 1. The Labute approximate surface area is 117 Å². The molecular weight excluding hydrogens is 315 g/mol. The molecule has 0 amide bonds. The lowest BCUT2D eigenvalue weighted by molar-refractivity contribution is -0.136. The molecule has 0 saturated heterocycles. The van der Waals surface area contributed by atoms with Gasteiger partial charge in [-0.25, -0.2) is 4.39 Å². The summed E-state index contributed by atoms with van der Waals surface area (Å²) in [4.78, 5) is 10.6. The van der Waals surface area contributed by atoms with Gasteiger partial charge in [0, 0.05) is 12.0 Å². The third kappa shape index (κ3) is 3.01. The predicted octanol–water partition coefficient (Wildman–Crippen LogP) is 3.30. The highest BCUT2D eigenvalue weighted by molar-refractivity contribution is 9.10. The maximum Gasteiger partial charge on any atom is 0.303 e. The number of nitrogens with zero attached hydrogens (tertiary/aromatic N) is 1. The lowest BCUT2D eigenvalue weighted by Crippen LogP contribution is -1.98. The average molecular weight is 327 g/mol. The van der Waals surface area contributed by atoms with E-state index in [2.05, 4.69) is 26.1 Å². The fourth-order valence-corrected chi connectivity index (χ4v) is 2.35. The van der Waals surface area contributed by atoms with Gasteiger partial charge in [0.05, 0.1) is 16.6 Å². The highest BCUT2D eigenvalue weighted by atomic mass is 79.9. The monoisotopic (exact) mass is 326 g/mol. The van der Waals surface area contributed by atoms with Crippen molar-refractivity contribution >= 4 is 21.9 Å². The number of rotatable bonds is 4. The number of carboxylic acid groups (broad SMARTS) is 1. The quantitative estimate of drug-likeness (QED) is 0.905. The number of aromatic amines is 1. The van der Waals surface area contributed by atoms with Crippen LogP contribution in [-0.4, -0.2) is 21.3 Å². The van der Waals surface area contributed by atoms with E-state index in [-0.39, 0.29) is 12.2 Å². The molecule has 0 spiro atoms. The Morgan fingerprint density at radius 2 is 2.26 bits per heavy atom. The third-order valence-electron chi connectivity index (χ3n) is 2.80. The maximum atomic E-state index is 13.2. The van der Waals surface area contributed by atoms with E-state index in [1.54, 1.807) is 19.1 Å². The van der Waals surface area contributed by atoms with Crippen LogP contribution in [0.2, 0.25) is 0 Å².